The molecule has 1 aliphatic rings. The first-order valence-corrected chi connectivity index (χ1v) is 13.7. The molecule has 1 amide bonds. The lowest BCUT2D eigenvalue weighted by Crippen LogP contribution is -2.31. The molecule has 0 fully saturated rings. The van der Waals surface area contributed by atoms with E-state index < -0.39 is 28.0 Å². The fourth-order valence-corrected chi connectivity index (χ4v) is 6.85. The Balaban J connectivity index is 1.48. The van der Waals surface area contributed by atoms with E-state index in [9.17, 15) is 22.7 Å². The summed E-state index contributed by atoms with van der Waals surface area (Å²) >= 11 is 1.21. The highest BCUT2D eigenvalue weighted by Crippen LogP contribution is 2.35. The number of carbonyl (C=O) groups is 1. The number of nitrogens with one attached hydrogen (secondary N) is 1. The van der Waals surface area contributed by atoms with Gasteiger partial charge in [-0.15, -0.1) is 11.3 Å². The van der Waals surface area contributed by atoms with Crippen LogP contribution in [0.15, 0.2) is 64.0 Å². The van der Waals surface area contributed by atoms with Gasteiger partial charge in [-0.1, -0.05) is 29.4 Å². The molecule has 0 saturated heterocycles. The summed E-state index contributed by atoms with van der Waals surface area (Å²) in [6.07, 6.45) is -0.252. The second-order valence-corrected chi connectivity index (χ2v) is 11.2. The molecule has 3 aromatic rings. The van der Waals surface area contributed by atoms with E-state index >= 15 is 0 Å². The molecule has 196 valence electrons. The Bertz CT molecular complexity index is 1410. The number of thiophene rings is 1. The summed E-state index contributed by atoms with van der Waals surface area (Å²) in [4.78, 5) is 18.1. The molecule has 0 bridgehead atoms. The number of hydrogen-bond donors (Lipinski definition) is 2. The Labute approximate surface area is 218 Å². The number of likely N-dealkylation sites (N-methyl/N-ethyl adjacent to an activating group) is 1. The molecule has 1 atom stereocenters. The van der Waals surface area contributed by atoms with Gasteiger partial charge in [0.15, 0.2) is 0 Å². The molecule has 0 spiro atoms. The summed E-state index contributed by atoms with van der Waals surface area (Å²) < 4.78 is 46.1. The average Bonchev–Trinajstić information content (AvgIpc) is 3.34. The van der Waals surface area contributed by atoms with E-state index in [4.69, 9.17) is 9.57 Å². The number of hydrogen-bond acceptors (Lipinski definition) is 8. The molecular formula is C25H26FN3O6S2. The Morgan fingerprint density at radius 2 is 1.95 bits per heavy atom. The summed E-state index contributed by atoms with van der Waals surface area (Å²) in [5.41, 5.74) is 1.92. The van der Waals surface area contributed by atoms with Crippen LogP contribution in [0.3, 0.4) is 0 Å². The van der Waals surface area contributed by atoms with Crippen LogP contribution in [0.5, 0.6) is 5.75 Å². The van der Waals surface area contributed by atoms with Gasteiger partial charge in [0.2, 0.25) is 10.0 Å². The van der Waals surface area contributed by atoms with E-state index in [0.29, 0.717) is 52.4 Å². The lowest BCUT2D eigenvalue weighted by molar-refractivity contribution is 0.155. The summed E-state index contributed by atoms with van der Waals surface area (Å²) in [6.45, 7) is -0.203. The molecule has 0 saturated carbocycles. The topological polar surface area (TPSA) is 118 Å². The van der Waals surface area contributed by atoms with Gasteiger partial charge in [-0.05, 0) is 54.7 Å². The Morgan fingerprint density at radius 3 is 2.68 bits per heavy atom. The molecule has 4 rings (SSSR count). The summed E-state index contributed by atoms with van der Waals surface area (Å²) in [5.74, 6) is 0.0226. The number of sulfonamides is 1. The molecule has 37 heavy (non-hydrogen) atoms. The number of ether oxygens (including phenoxy) is 1. The molecule has 0 radical (unpaired) electrons. The number of benzene rings is 2. The summed E-state index contributed by atoms with van der Waals surface area (Å²) in [6, 6.07) is 12.1. The Kier molecular flexibility index (Phi) is 8.22. The van der Waals surface area contributed by atoms with E-state index in [-0.39, 0.29) is 11.4 Å². The molecule has 1 unspecified atom stereocenters. The number of aliphatic hydroxyl groups excluding tert-OH is 1. The van der Waals surface area contributed by atoms with Gasteiger partial charge in [0.25, 0.3) is 0 Å². The Morgan fingerprint density at radius 1 is 1.22 bits per heavy atom. The minimum absolute atomic E-state index is 0.132. The number of halogens is 1. The second-order valence-electron chi connectivity index (χ2n) is 8.36. The number of carbonyl (C=O) groups excluding carboxylic acids is 1. The van der Waals surface area contributed by atoms with Gasteiger partial charge in [0.1, 0.15) is 11.6 Å². The van der Waals surface area contributed by atoms with Crippen molar-refractivity contribution in [3.8, 4) is 5.75 Å². The number of para-hydroxylation sites is 2. The number of anilines is 1. The molecule has 1 aromatic heterocycles. The first-order valence-electron chi connectivity index (χ1n) is 11.4. The fraction of sp³-hybridized carbons (Fsp3) is 0.280. The third-order valence-corrected chi connectivity index (χ3v) is 9.02. The van der Waals surface area contributed by atoms with Crippen molar-refractivity contribution in [3.05, 3.63) is 75.7 Å². The standard InChI is InChI=1S/C25H26FN3O6S2/c1-29(14-21(30)16-10-12-17(26)13-11-16)37(32,33)23-15-36-24-18(23)6-5-8-20(24)28-35-25(31)27-19-7-3-4-9-22(19)34-2/h3-4,7,9-13,15,21,30H,5-6,8,14H2,1-2H3,(H,27,31). The quantitative estimate of drug-likeness (QED) is 0.316. The molecule has 1 aliphatic carbocycles. The van der Waals surface area contributed by atoms with E-state index in [0.717, 1.165) is 4.31 Å². The molecular weight excluding hydrogens is 521 g/mol. The summed E-state index contributed by atoms with van der Waals surface area (Å²) in [7, 11) is -1.06. The zero-order chi connectivity index (χ0) is 26.6. The van der Waals surface area contributed by atoms with Crippen molar-refractivity contribution in [3.63, 3.8) is 0 Å². The van der Waals surface area contributed by atoms with E-state index in [1.54, 1.807) is 24.3 Å². The van der Waals surface area contributed by atoms with Gasteiger partial charge >= 0.3 is 6.09 Å². The van der Waals surface area contributed by atoms with Crippen LogP contribution in [0, 0.1) is 5.82 Å². The van der Waals surface area contributed by atoms with Crippen molar-refractivity contribution in [1.82, 2.24) is 4.31 Å². The van der Waals surface area contributed by atoms with E-state index in [1.165, 1.54) is 55.1 Å². The third-order valence-electron chi connectivity index (χ3n) is 5.91. The lowest BCUT2D eigenvalue weighted by atomic mass is 9.98. The first-order chi connectivity index (χ1) is 17.7. The third kappa shape index (κ3) is 5.99. The normalized spacial score (nSPS) is 15.3. The van der Waals surface area contributed by atoms with Crippen LogP contribution in [0.2, 0.25) is 0 Å². The summed E-state index contributed by atoms with van der Waals surface area (Å²) in [5, 5.41) is 18.6. The predicted molar refractivity (Wildman–Crippen MR) is 138 cm³/mol. The number of amides is 1. The number of oxime groups is 1. The van der Waals surface area contributed by atoms with Gasteiger partial charge in [0, 0.05) is 19.0 Å². The van der Waals surface area contributed by atoms with Crippen molar-refractivity contribution in [2.45, 2.75) is 30.3 Å². The lowest BCUT2D eigenvalue weighted by Gasteiger charge is -2.22. The highest BCUT2D eigenvalue weighted by Gasteiger charge is 2.31. The van der Waals surface area contributed by atoms with Crippen molar-refractivity contribution in [2.75, 3.05) is 26.0 Å². The van der Waals surface area contributed by atoms with E-state index in [2.05, 4.69) is 10.5 Å². The largest absolute Gasteiger partial charge is 0.495 e. The minimum Gasteiger partial charge on any atom is -0.495 e. The number of methoxy groups -OCH3 is 1. The zero-order valence-corrected chi connectivity index (χ0v) is 21.8. The molecule has 9 nitrogen and oxygen atoms in total. The SMILES string of the molecule is COc1ccccc1NC(=O)ON=C1CCCc2c(S(=O)(=O)N(C)CC(O)c3ccc(F)cc3)csc21. The first kappa shape index (κ1) is 26.7. The monoisotopic (exact) mass is 547 g/mol. The maximum Gasteiger partial charge on any atom is 0.437 e. The molecule has 2 aromatic carbocycles. The molecule has 0 aliphatic heterocycles. The fourth-order valence-electron chi connectivity index (χ4n) is 3.97. The van der Waals surface area contributed by atoms with Crippen molar-refractivity contribution >= 4 is 38.9 Å². The minimum atomic E-state index is -3.93. The van der Waals surface area contributed by atoms with Crippen LogP contribution in [-0.4, -0.2) is 50.3 Å². The van der Waals surface area contributed by atoms with E-state index in [1.807, 2.05) is 0 Å². The van der Waals surface area contributed by atoms with Gasteiger partial charge in [0.05, 0.1) is 34.4 Å². The van der Waals surface area contributed by atoms with Crippen molar-refractivity contribution in [2.24, 2.45) is 5.16 Å². The van der Waals surface area contributed by atoms with Crippen LogP contribution >= 0.6 is 11.3 Å². The highest BCUT2D eigenvalue weighted by molar-refractivity contribution is 7.89. The van der Waals surface area contributed by atoms with Gasteiger partial charge in [-0.25, -0.2) is 17.6 Å². The highest BCUT2D eigenvalue weighted by atomic mass is 32.2. The molecule has 2 N–H and O–H groups in total. The van der Waals surface area contributed by atoms with Crippen LogP contribution in [0.1, 0.15) is 34.9 Å². The van der Waals surface area contributed by atoms with Crippen LogP contribution < -0.4 is 10.1 Å². The Hall–Kier alpha value is -3.32. The maximum absolute atomic E-state index is 13.3. The van der Waals surface area contributed by atoms with Crippen LogP contribution in [0.25, 0.3) is 0 Å². The smallest absolute Gasteiger partial charge is 0.437 e. The van der Waals surface area contributed by atoms with Gasteiger partial charge < -0.3 is 9.84 Å². The molecule has 1 heterocycles. The average molecular weight is 548 g/mol. The van der Waals surface area contributed by atoms with Crippen molar-refractivity contribution in [1.29, 1.82) is 0 Å². The van der Waals surface area contributed by atoms with Crippen molar-refractivity contribution < 1.29 is 32.3 Å². The zero-order valence-electron chi connectivity index (χ0n) is 20.2. The number of nitrogens with zero attached hydrogens (tertiary/aromatic N) is 2. The second kappa shape index (κ2) is 11.4. The predicted octanol–water partition coefficient (Wildman–Crippen LogP) is 4.54. The number of rotatable bonds is 8. The van der Waals surface area contributed by atoms with Crippen LogP contribution in [-0.2, 0) is 21.3 Å². The number of fused-ring (bicyclic) bond motifs is 1. The van der Waals surface area contributed by atoms with Gasteiger partial charge in [-0.2, -0.15) is 4.31 Å². The van der Waals surface area contributed by atoms with Crippen LogP contribution in [0.4, 0.5) is 14.9 Å². The maximum atomic E-state index is 13.3. The van der Waals surface area contributed by atoms with Gasteiger partial charge in [-0.3, -0.25) is 10.2 Å². The number of aliphatic hydroxyl groups is 1. The molecule has 12 heteroatoms.